The van der Waals surface area contributed by atoms with Crippen molar-refractivity contribution in [1.29, 1.82) is 0 Å². The summed E-state index contributed by atoms with van der Waals surface area (Å²) < 4.78 is 78.0. The quantitative estimate of drug-likeness (QED) is 0.0145. The molecule has 0 aliphatic carbocycles. The Balaban J connectivity index is 5.63. The van der Waals surface area contributed by atoms with Gasteiger partial charge in [0.05, 0.1) is 64.6 Å². The average molecular weight is 1610 g/mol. The lowest BCUT2D eigenvalue weighted by Gasteiger charge is -2.23. The number of phosphoric acid groups is 2. The Hall–Kier alpha value is -3.17. The molecule has 0 aromatic carbocycles. The van der Waals surface area contributed by atoms with Crippen LogP contribution in [0.1, 0.15) is 420 Å². The SMILES string of the molecule is CCCCCCCCCCCCCC(=O)/N=C(\COCC[C@@H](CCCCCCC)OC(=O)CCCCCCCCCCC)COP(=O)(O)OCCNC(=O)CC(=O)NCCOP(=O)(OC)OC[C@H](COCC[C@@H](CCCCCCC)OC(=O)CCCCCCCCCCC)NC(=O)CCCCCCCCCCCCC. The van der Waals surface area contributed by atoms with Crippen LogP contribution in [-0.2, 0) is 79.5 Å². The van der Waals surface area contributed by atoms with Crippen molar-refractivity contribution in [2.45, 2.75) is 439 Å². The molecule has 0 radical (unpaired) electrons. The number of hydrogen-bond donors (Lipinski definition) is 4. The maximum Gasteiger partial charge on any atom is 0.474 e. The summed E-state index contributed by atoms with van der Waals surface area (Å²) in [6.45, 7) is 11.4. The van der Waals surface area contributed by atoms with Gasteiger partial charge in [0.25, 0.3) is 0 Å². The summed E-state index contributed by atoms with van der Waals surface area (Å²) in [6.07, 6.45) is 58.9. The molecular weight excluding hydrogens is 1440 g/mol. The van der Waals surface area contributed by atoms with E-state index >= 15 is 0 Å². The molecule has 22 nitrogen and oxygen atoms in total. The van der Waals surface area contributed by atoms with Gasteiger partial charge in [0.2, 0.25) is 23.6 Å². The van der Waals surface area contributed by atoms with Crippen LogP contribution in [0.3, 0.4) is 0 Å². The number of nitrogens with one attached hydrogen (secondary N) is 3. The van der Waals surface area contributed by atoms with Crippen molar-refractivity contribution in [1.82, 2.24) is 16.0 Å². The molecule has 0 aromatic heterocycles. The highest BCUT2D eigenvalue weighted by atomic mass is 31.2. The zero-order valence-corrected chi connectivity index (χ0v) is 73.0. The molecule has 4 amide bonds. The van der Waals surface area contributed by atoms with E-state index in [9.17, 15) is 42.8 Å². The van der Waals surface area contributed by atoms with Gasteiger partial charge in [-0.3, -0.25) is 51.4 Å². The van der Waals surface area contributed by atoms with Crippen LogP contribution in [0.15, 0.2) is 4.99 Å². The third-order valence-electron chi connectivity index (χ3n) is 20.0. The van der Waals surface area contributed by atoms with E-state index < -0.39 is 59.0 Å². The standard InChI is InChI=1S/C86H166N4O18P2/c1-8-14-20-26-30-34-36-40-42-48-54-60-81(91)89-77(73-101-68-64-79(58-52-46-24-18-12-5)107-85(95)62-56-50-44-38-32-28-22-16-10-3)75-105-109(97,98)103-70-66-87-83(93)72-84(94)88-67-71-104-110(99,100-7)106-76-78(90-82(92)61-55-49-43-41-37-35-31-27-21-15-9-2)74-102-69-65-80(59-53-47-25-19-13-6)108-86(96)63-57-51-45-39-33-29-23-17-11-4/h78-80H,8-76H2,1-7H3,(H,87,93)(H,88,94)(H,90,92)(H,97,98)/b89-77+/t78-,79+,80+,110?/m0/s1. The largest absolute Gasteiger partial charge is 0.474 e. The first-order chi connectivity index (χ1) is 53.5. The van der Waals surface area contributed by atoms with E-state index in [1.54, 1.807) is 0 Å². The Morgan fingerprint density at radius 1 is 0.355 bits per heavy atom. The van der Waals surface area contributed by atoms with Gasteiger partial charge in [-0.2, -0.15) is 0 Å². The lowest BCUT2D eigenvalue weighted by molar-refractivity contribution is -0.151. The van der Waals surface area contributed by atoms with Crippen molar-refractivity contribution < 1.29 is 84.4 Å². The predicted molar refractivity (Wildman–Crippen MR) is 446 cm³/mol. The Morgan fingerprint density at radius 3 is 1.09 bits per heavy atom. The van der Waals surface area contributed by atoms with E-state index in [2.05, 4.69) is 62.5 Å². The molecule has 2 unspecified atom stereocenters. The number of hydrogen-bond acceptors (Lipinski definition) is 17. The Labute approximate surface area is 670 Å². The van der Waals surface area contributed by atoms with Gasteiger partial charge < -0.3 is 39.8 Å². The smallest absolute Gasteiger partial charge is 0.462 e. The maximum absolute atomic E-state index is 13.7. The van der Waals surface area contributed by atoms with Gasteiger partial charge in [0.1, 0.15) is 18.6 Å². The predicted octanol–water partition coefficient (Wildman–Crippen LogP) is 22.6. The molecule has 648 valence electrons. The van der Waals surface area contributed by atoms with Gasteiger partial charge in [0.15, 0.2) is 0 Å². The summed E-state index contributed by atoms with van der Waals surface area (Å²) in [6, 6.07) is -0.739. The summed E-state index contributed by atoms with van der Waals surface area (Å²) in [7, 11) is -7.85. The Morgan fingerprint density at radius 2 is 0.700 bits per heavy atom. The van der Waals surface area contributed by atoms with Crippen molar-refractivity contribution in [2.24, 2.45) is 4.99 Å². The molecule has 0 bridgehead atoms. The third-order valence-corrected chi connectivity index (χ3v) is 22.3. The first-order valence-corrected chi connectivity index (χ1v) is 48.0. The van der Waals surface area contributed by atoms with Crippen LogP contribution in [-0.4, -0.2) is 137 Å². The summed E-state index contributed by atoms with van der Waals surface area (Å²) in [5.41, 5.74) is 0.0940. The Kier molecular flexibility index (Phi) is 77.4. The van der Waals surface area contributed by atoms with Crippen LogP contribution in [0, 0.1) is 0 Å². The van der Waals surface area contributed by atoms with Crippen molar-refractivity contribution in [2.75, 3.05) is 73.1 Å². The first-order valence-electron chi connectivity index (χ1n) is 45.0. The van der Waals surface area contributed by atoms with Gasteiger partial charge in [-0.15, -0.1) is 0 Å². The number of aliphatic imine (C=N–C) groups is 1. The second-order valence-corrected chi connectivity index (χ2v) is 33.8. The number of esters is 2. The van der Waals surface area contributed by atoms with Crippen molar-refractivity contribution in [3.05, 3.63) is 0 Å². The van der Waals surface area contributed by atoms with E-state index in [0.29, 0.717) is 44.9 Å². The van der Waals surface area contributed by atoms with Crippen LogP contribution in [0.4, 0.5) is 0 Å². The number of nitrogens with zero attached hydrogens (tertiary/aromatic N) is 1. The average Bonchev–Trinajstić information content (AvgIpc) is 0.942. The van der Waals surface area contributed by atoms with Crippen LogP contribution in [0.25, 0.3) is 0 Å². The van der Waals surface area contributed by atoms with E-state index in [1.807, 2.05) is 0 Å². The molecule has 4 N–H and O–H groups in total. The molecule has 0 saturated carbocycles. The normalized spacial score (nSPS) is 13.7. The number of ether oxygens (including phenoxy) is 4. The number of amides is 4. The molecule has 0 aliphatic heterocycles. The van der Waals surface area contributed by atoms with Gasteiger partial charge in [-0.25, -0.2) is 14.1 Å². The third kappa shape index (κ3) is 73.7. The zero-order chi connectivity index (χ0) is 80.8. The minimum absolute atomic E-state index is 0.0124. The van der Waals surface area contributed by atoms with Gasteiger partial charge in [0, 0.05) is 58.7 Å². The summed E-state index contributed by atoms with van der Waals surface area (Å²) in [4.78, 5) is 93.3. The van der Waals surface area contributed by atoms with Gasteiger partial charge in [-0.05, 0) is 51.4 Å². The lowest BCUT2D eigenvalue weighted by Crippen LogP contribution is -2.41. The molecule has 0 fully saturated rings. The van der Waals surface area contributed by atoms with Crippen LogP contribution in [0.2, 0.25) is 0 Å². The first kappa shape index (κ1) is 107. The second-order valence-electron chi connectivity index (χ2n) is 30.6. The van der Waals surface area contributed by atoms with Crippen molar-refractivity contribution in [3.63, 3.8) is 0 Å². The highest BCUT2D eigenvalue weighted by molar-refractivity contribution is 7.48. The molecule has 0 rings (SSSR count). The molecule has 24 heteroatoms. The zero-order valence-electron chi connectivity index (χ0n) is 71.3. The number of carbonyl (C=O) groups excluding carboxylic acids is 6. The Bertz CT molecular complexity index is 2300. The van der Waals surface area contributed by atoms with E-state index in [0.717, 1.165) is 161 Å². The monoisotopic (exact) mass is 1610 g/mol. The number of unbranched alkanes of at least 4 members (excludes halogenated alkanes) is 44. The van der Waals surface area contributed by atoms with Crippen LogP contribution < -0.4 is 16.0 Å². The van der Waals surface area contributed by atoms with Crippen LogP contribution >= 0.6 is 15.6 Å². The highest BCUT2D eigenvalue weighted by Gasteiger charge is 2.29. The fraction of sp³-hybridized carbons (Fsp3) is 0.919. The molecule has 0 aromatic rings. The number of rotatable bonds is 86. The van der Waals surface area contributed by atoms with E-state index in [-0.39, 0.29) is 94.9 Å². The van der Waals surface area contributed by atoms with Gasteiger partial charge >= 0.3 is 27.6 Å². The van der Waals surface area contributed by atoms with Crippen molar-refractivity contribution in [3.8, 4) is 0 Å². The molecule has 110 heavy (non-hydrogen) atoms. The van der Waals surface area contributed by atoms with Gasteiger partial charge in [-0.1, -0.05) is 324 Å². The summed E-state index contributed by atoms with van der Waals surface area (Å²) >= 11 is 0. The van der Waals surface area contributed by atoms with Crippen LogP contribution in [0.5, 0.6) is 0 Å². The molecule has 0 aliphatic rings. The van der Waals surface area contributed by atoms with Crippen molar-refractivity contribution >= 4 is 56.9 Å². The van der Waals surface area contributed by atoms with E-state index in [4.69, 9.17) is 41.6 Å². The maximum atomic E-state index is 13.7. The molecule has 0 spiro atoms. The highest BCUT2D eigenvalue weighted by Crippen LogP contribution is 2.48. The van der Waals surface area contributed by atoms with E-state index in [1.165, 1.54) is 167 Å². The lowest BCUT2D eigenvalue weighted by atomic mass is 10.1. The molecular formula is C86H166N4O18P2. The minimum atomic E-state index is -4.76. The molecule has 0 heterocycles. The second kappa shape index (κ2) is 79.7. The topological polar surface area (TPSA) is 288 Å². The summed E-state index contributed by atoms with van der Waals surface area (Å²) in [5.74, 6) is -2.41. The summed E-state index contributed by atoms with van der Waals surface area (Å²) in [5, 5.41) is 7.99. The minimum Gasteiger partial charge on any atom is -0.462 e. The molecule has 0 saturated heterocycles. The molecule has 5 atom stereocenters. The number of phosphoric ester groups is 2. The fourth-order valence-electron chi connectivity index (χ4n) is 13.1. The fourth-order valence-corrected chi connectivity index (χ4v) is 14.8. The number of carbonyl (C=O) groups is 6.